The standard InChI is InChI=1S/C10H13F3N4/c1-7-8(5-16-17(7)2)4-15-6-9(3-14)10(11,12)13/h5,9,15H,4,6H2,1-2H3. The summed E-state index contributed by atoms with van der Waals surface area (Å²) in [5, 5.41) is 15.0. The number of nitrogens with one attached hydrogen (secondary N) is 1. The number of alkyl halides is 3. The van der Waals surface area contributed by atoms with Gasteiger partial charge in [0.2, 0.25) is 0 Å². The number of hydrogen-bond acceptors (Lipinski definition) is 3. The Balaban J connectivity index is 2.48. The predicted octanol–water partition coefficient (Wildman–Crippen LogP) is 1.52. The van der Waals surface area contributed by atoms with Crippen LogP contribution in [0.15, 0.2) is 6.20 Å². The quantitative estimate of drug-likeness (QED) is 0.876. The molecule has 0 saturated carbocycles. The molecule has 0 fully saturated rings. The first-order valence-electron chi connectivity index (χ1n) is 5.00. The normalized spacial score (nSPS) is 13.4. The van der Waals surface area contributed by atoms with Gasteiger partial charge in [0.1, 0.15) is 0 Å². The van der Waals surface area contributed by atoms with Crippen molar-refractivity contribution in [3.8, 4) is 6.07 Å². The topological polar surface area (TPSA) is 53.6 Å². The Kier molecular flexibility index (Phi) is 4.12. The Labute approximate surface area is 97.0 Å². The second-order valence-corrected chi connectivity index (χ2v) is 3.73. The van der Waals surface area contributed by atoms with Crippen LogP contribution in [0.4, 0.5) is 13.2 Å². The molecule has 0 aliphatic carbocycles. The Hall–Kier alpha value is -1.55. The Morgan fingerprint density at radius 3 is 2.65 bits per heavy atom. The van der Waals surface area contributed by atoms with Gasteiger partial charge in [-0.1, -0.05) is 0 Å². The fourth-order valence-corrected chi connectivity index (χ4v) is 1.30. The molecule has 0 radical (unpaired) electrons. The van der Waals surface area contributed by atoms with Gasteiger partial charge in [0.25, 0.3) is 0 Å². The van der Waals surface area contributed by atoms with E-state index in [0.717, 1.165) is 11.3 Å². The molecule has 1 N–H and O–H groups in total. The summed E-state index contributed by atoms with van der Waals surface area (Å²) in [5.74, 6) is -1.97. The van der Waals surface area contributed by atoms with Gasteiger partial charge < -0.3 is 5.32 Å². The highest BCUT2D eigenvalue weighted by Crippen LogP contribution is 2.24. The SMILES string of the molecule is Cc1c(CNCC(C#N)C(F)(F)F)cnn1C. The first-order chi connectivity index (χ1) is 7.86. The maximum atomic E-state index is 12.3. The van der Waals surface area contributed by atoms with Gasteiger partial charge in [0.05, 0.1) is 12.3 Å². The monoisotopic (exact) mass is 246 g/mol. The Morgan fingerprint density at radius 1 is 1.59 bits per heavy atom. The number of aromatic nitrogens is 2. The van der Waals surface area contributed by atoms with Crippen LogP contribution in [0.3, 0.4) is 0 Å². The van der Waals surface area contributed by atoms with Crippen molar-refractivity contribution in [2.45, 2.75) is 19.6 Å². The van der Waals surface area contributed by atoms with Crippen LogP contribution in [-0.2, 0) is 13.6 Å². The van der Waals surface area contributed by atoms with E-state index in [4.69, 9.17) is 5.26 Å². The highest BCUT2D eigenvalue weighted by molar-refractivity contribution is 5.15. The third-order valence-corrected chi connectivity index (χ3v) is 2.55. The molecule has 1 rings (SSSR count). The number of rotatable bonds is 4. The van der Waals surface area contributed by atoms with Crippen molar-refractivity contribution in [1.29, 1.82) is 5.26 Å². The zero-order valence-corrected chi connectivity index (χ0v) is 9.54. The fraction of sp³-hybridized carbons (Fsp3) is 0.600. The number of aryl methyl sites for hydroxylation is 1. The lowest BCUT2D eigenvalue weighted by atomic mass is 10.1. The maximum absolute atomic E-state index is 12.3. The second-order valence-electron chi connectivity index (χ2n) is 3.73. The number of hydrogen-bond donors (Lipinski definition) is 1. The van der Waals surface area contributed by atoms with Crippen molar-refractivity contribution in [2.24, 2.45) is 13.0 Å². The largest absolute Gasteiger partial charge is 0.405 e. The Morgan fingerprint density at radius 2 is 2.24 bits per heavy atom. The van der Waals surface area contributed by atoms with E-state index in [0.29, 0.717) is 0 Å². The lowest BCUT2D eigenvalue weighted by Crippen LogP contribution is -2.32. The van der Waals surface area contributed by atoms with E-state index in [9.17, 15) is 13.2 Å². The van der Waals surface area contributed by atoms with Gasteiger partial charge in [-0.25, -0.2) is 0 Å². The smallest absolute Gasteiger partial charge is 0.311 e. The molecule has 0 aliphatic heterocycles. The van der Waals surface area contributed by atoms with Gasteiger partial charge in [-0.15, -0.1) is 0 Å². The van der Waals surface area contributed by atoms with Crippen LogP contribution >= 0.6 is 0 Å². The summed E-state index contributed by atoms with van der Waals surface area (Å²) in [6, 6.07) is 1.24. The number of nitriles is 1. The van der Waals surface area contributed by atoms with E-state index in [2.05, 4.69) is 10.4 Å². The molecule has 7 heteroatoms. The number of halogens is 3. The predicted molar refractivity (Wildman–Crippen MR) is 54.8 cm³/mol. The Bertz CT molecular complexity index is 416. The van der Waals surface area contributed by atoms with Gasteiger partial charge in [0, 0.05) is 31.4 Å². The first-order valence-corrected chi connectivity index (χ1v) is 5.00. The summed E-state index contributed by atoms with van der Waals surface area (Å²) in [5.41, 5.74) is 1.71. The molecule has 0 aromatic carbocycles. The van der Waals surface area contributed by atoms with E-state index >= 15 is 0 Å². The minimum atomic E-state index is -4.48. The molecule has 1 unspecified atom stereocenters. The summed E-state index contributed by atoms with van der Waals surface area (Å²) < 4.78 is 38.4. The molecule has 17 heavy (non-hydrogen) atoms. The van der Waals surface area contributed by atoms with Gasteiger partial charge >= 0.3 is 6.18 Å². The van der Waals surface area contributed by atoms with Gasteiger partial charge in [0.15, 0.2) is 5.92 Å². The van der Waals surface area contributed by atoms with Crippen LogP contribution in [0.1, 0.15) is 11.3 Å². The lowest BCUT2D eigenvalue weighted by Gasteiger charge is -2.13. The molecule has 0 aliphatic rings. The van der Waals surface area contributed by atoms with Crippen LogP contribution < -0.4 is 5.32 Å². The van der Waals surface area contributed by atoms with Crippen LogP contribution in [0.25, 0.3) is 0 Å². The van der Waals surface area contributed by atoms with Crippen molar-refractivity contribution >= 4 is 0 Å². The molecular formula is C10H13F3N4. The van der Waals surface area contributed by atoms with Gasteiger partial charge in [-0.3, -0.25) is 4.68 Å². The average Bonchev–Trinajstić information content (AvgIpc) is 2.54. The second kappa shape index (κ2) is 5.19. The van der Waals surface area contributed by atoms with Crippen molar-refractivity contribution < 1.29 is 13.2 Å². The van der Waals surface area contributed by atoms with Crippen LogP contribution in [0, 0.1) is 24.2 Å². The first kappa shape index (κ1) is 13.5. The zero-order valence-electron chi connectivity index (χ0n) is 9.54. The van der Waals surface area contributed by atoms with E-state index in [1.165, 1.54) is 6.07 Å². The molecule has 0 saturated heterocycles. The van der Waals surface area contributed by atoms with Gasteiger partial charge in [-0.05, 0) is 6.92 Å². The third-order valence-electron chi connectivity index (χ3n) is 2.55. The minimum absolute atomic E-state index is 0.272. The van der Waals surface area contributed by atoms with E-state index in [1.54, 1.807) is 17.9 Å². The molecular weight excluding hydrogens is 233 g/mol. The van der Waals surface area contributed by atoms with E-state index < -0.39 is 18.6 Å². The highest BCUT2D eigenvalue weighted by atomic mass is 19.4. The summed E-state index contributed by atoms with van der Waals surface area (Å²) in [7, 11) is 1.76. The fourth-order valence-electron chi connectivity index (χ4n) is 1.30. The molecule has 1 atom stereocenters. The summed E-state index contributed by atoms with van der Waals surface area (Å²) in [6.45, 7) is 1.69. The van der Waals surface area contributed by atoms with Crippen molar-refractivity contribution in [3.05, 3.63) is 17.5 Å². The molecule has 1 heterocycles. The molecule has 0 bridgehead atoms. The van der Waals surface area contributed by atoms with Crippen molar-refractivity contribution in [3.63, 3.8) is 0 Å². The van der Waals surface area contributed by atoms with E-state index in [-0.39, 0.29) is 6.54 Å². The molecule has 94 valence electrons. The van der Waals surface area contributed by atoms with Crippen LogP contribution in [-0.4, -0.2) is 22.5 Å². The average molecular weight is 246 g/mol. The van der Waals surface area contributed by atoms with Crippen molar-refractivity contribution in [2.75, 3.05) is 6.54 Å². The molecule has 0 spiro atoms. The summed E-state index contributed by atoms with van der Waals surface area (Å²) in [6.07, 6.45) is -2.89. The molecule has 0 amide bonds. The lowest BCUT2D eigenvalue weighted by molar-refractivity contribution is -0.157. The molecule has 1 aromatic heterocycles. The number of nitrogens with zero attached hydrogens (tertiary/aromatic N) is 3. The van der Waals surface area contributed by atoms with Crippen LogP contribution in [0.5, 0.6) is 0 Å². The zero-order chi connectivity index (χ0) is 13.1. The van der Waals surface area contributed by atoms with Crippen molar-refractivity contribution in [1.82, 2.24) is 15.1 Å². The van der Waals surface area contributed by atoms with Crippen LogP contribution in [0.2, 0.25) is 0 Å². The van der Waals surface area contributed by atoms with E-state index in [1.807, 2.05) is 6.92 Å². The minimum Gasteiger partial charge on any atom is -0.311 e. The molecule has 1 aromatic rings. The maximum Gasteiger partial charge on any atom is 0.405 e. The summed E-state index contributed by atoms with van der Waals surface area (Å²) >= 11 is 0. The molecule has 4 nitrogen and oxygen atoms in total. The third kappa shape index (κ3) is 3.46. The summed E-state index contributed by atoms with van der Waals surface area (Å²) in [4.78, 5) is 0. The van der Waals surface area contributed by atoms with Gasteiger partial charge in [-0.2, -0.15) is 23.5 Å². The highest BCUT2D eigenvalue weighted by Gasteiger charge is 2.39.